The van der Waals surface area contributed by atoms with Crippen LogP contribution in [0, 0.1) is 5.92 Å². The number of aromatic nitrogens is 1. The molecule has 1 heterocycles. The molecule has 0 aliphatic heterocycles. The molecule has 0 radical (unpaired) electrons. The number of thiazole rings is 1. The third-order valence-corrected chi connectivity index (χ3v) is 4.83. The summed E-state index contributed by atoms with van der Waals surface area (Å²) in [7, 11) is 4.81. The van der Waals surface area contributed by atoms with Crippen molar-refractivity contribution in [2.45, 2.75) is 27.2 Å². The smallest absolute Gasteiger partial charge is 0.206 e. The van der Waals surface area contributed by atoms with Gasteiger partial charge in [0.2, 0.25) is 10.6 Å². The summed E-state index contributed by atoms with van der Waals surface area (Å²) in [6.07, 6.45) is 2.69. The zero-order valence-electron chi connectivity index (χ0n) is 17.5. The second-order valence-electron chi connectivity index (χ2n) is 6.69. The van der Waals surface area contributed by atoms with Gasteiger partial charge in [-0.25, -0.2) is 4.68 Å². The van der Waals surface area contributed by atoms with Crippen LogP contribution >= 0.6 is 11.3 Å². The normalized spacial score (nSPS) is 12.4. The molecule has 2 rings (SSSR count). The maximum Gasteiger partial charge on any atom is 0.206 e. The van der Waals surface area contributed by atoms with Gasteiger partial charge in [-0.1, -0.05) is 19.9 Å². The first-order valence-corrected chi connectivity index (χ1v) is 9.99. The molecule has 152 valence electrons. The fourth-order valence-corrected chi connectivity index (χ4v) is 3.72. The minimum Gasteiger partial charge on any atom is -0.493 e. The Morgan fingerprint density at radius 2 is 1.82 bits per heavy atom. The molecule has 7 heteroatoms. The average molecular weight is 404 g/mol. The first kappa shape index (κ1) is 21.8. The molecule has 0 saturated carbocycles. The van der Waals surface area contributed by atoms with Crippen LogP contribution in [0.4, 0.5) is 0 Å². The van der Waals surface area contributed by atoms with E-state index >= 15 is 0 Å². The standard InChI is InChI=1S/C21H29N3O3S/c1-8-9-22-21-24(23-15(4)10-14(2)3)17(13-28-21)16-11-18(25-5)20(27-7)19(12-16)26-6/h8,11-14H,1,9-10H2,2-7H3. The summed E-state index contributed by atoms with van der Waals surface area (Å²) < 4.78 is 18.3. The van der Waals surface area contributed by atoms with Gasteiger partial charge in [0, 0.05) is 16.7 Å². The molecular formula is C21H29N3O3S. The molecule has 28 heavy (non-hydrogen) atoms. The number of ether oxygens (including phenoxy) is 3. The monoisotopic (exact) mass is 403 g/mol. The minimum absolute atomic E-state index is 0.529. The summed E-state index contributed by atoms with van der Waals surface area (Å²) >= 11 is 1.54. The second kappa shape index (κ2) is 10.1. The molecule has 2 aromatic rings. The fourth-order valence-electron chi connectivity index (χ4n) is 2.88. The van der Waals surface area contributed by atoms with Crippen LogP contribution in [0.2, 0.25) is 0 Å². The Balaban J connectivity index is 2.69. The molecule has 1 aromatic carbocycles. The molecule has 0 fully saturated rings. The average Bonchev–Trinajstić information content (AvgIpc) is 3.06. The van der Waals surface area contributed by atoms with Crippen molar-refractivity contribution in [3.05, 3.63) is 35.0 Å². The first-order valence-electron chi connectivity index (χ1n) is 9.11. The summed E-state index contributed by atoms with van der Waals surface area (Å²) in [6.45, 7) is 10.7. The van der Waals surface area contributed by atoms with Crippen molar-refractivity contribution < 1.29 is 14.2 Å². The maximum atomic E-state index is 5.50. The Bertz CT molecular complexity index is 885. The van der Waals surface area contributed by atoms with Crippen molar-refractivity contribution in [3.63, 3.8) is 0 Å². The molecule has 6 nitrogen and oxygen atoms in total. The summed E-state index contributed by atoms with van der Waals surface area (Å²) in [5.41, 5.74) is 2.87. The Labute approximate surface area is 170 Å². The van der Waals surface area contributed by atoms with Crippen LogP contribution in [-0.2, 0) is 0 Å². The molecule has 0 aliphatic carbocycles. The quantitative estimate of drug-likeness (QED) is 0.454. The Morgan fingerprint density at radius 3 is 2.32 bits per heavy atom. The van der Waals surface area contributed by atoms with E-state index in [9.17, 15) is 0 Å². The van der Waals surface area contributed by atoms with Crippen LogP contribution in [0.15, 0.2) is 40.3 Å². The van der Waals surface area contributed by atoms with E-state index in [1.807, 2.05) is 29.1 Å². The predicted octanol–water partition coefficient (Wildman–Crippen LogP) is 4.60. The molecule has 0 spiro atoms. The SMILES string of the molecule is C=CCN=c1scc(-c2cc(OC)c(OC)c(OC)c2)n1N=C(C)CC(C)C. The molecule has 0 bridgehead atoms. The highest BCUT2D eigenvalue weighted by atomic mass is 32.1. The van der Waals surface area contributed by atoms with Crippen LogP contribution in [0.1, 0.15) is 27.2 Å². The zero-order valence-corrected chi connectivity index (χ0v) is 18.3. The Morgan fingerprint density at radius 1 is 1.18 bits per heavy atom. The predicted molar refractivity (Wildman–Crippen MR) is 116 cm³/mol. The Kier molecular flexibility index (Phi) is 7.87. The molecule has 0 saturated heterocycles. The van der Waals surface area contributed by atoms with Gasteiger partial charge in [-0.3, -0.25) is 4.99 Å². The van der Waals surface area contributed by atoms with Gasteiger partial charge in [0.1, 0.15) is 0 Å². The minimum atomic E-state index is 0.529. The fraction of sp³-hybridized carbons (Fsp3) is 0.429. The number of nitrogens with zero attached hydrogens (tertiary/aromatic N) is 3. The van der Waals surface area contributed by atoms with E-state index in [0.717, 1.165) is 28.2 Å². The van der Waals surface area contributed by atoms with Gasteiger partial charge >= 0.3 is 0 Å². The lowest BCUT2D eigenvalue weighted by Crippen LogP contribution is -2.15. The van der Waals surface area contributed by atoms with E-state index in [0.29, 0.717) is 29.7 Å². The molecule has 0 unspecified atom stereocenters. The lowest BCUT2D eigenvalue weighted by molar-refractivity contribution is 0.324. The topological polar surface area (TPSA) is 57.3 Å². The number of benzene rings is 1. The number of methoxy groups -OCH3 is 3. The van der Waals surface area contributed by atoms with Crippen molar-refractivity contribution in [2.24, 2.45) is 16.0 Å². The summed E-state index contributed by atoms with van der Waals surface area (Å²) in [5.74, 6) is 2.29. The highest BCUT2D eigenvalue weighted by Gasteiger charge is 2.17. The summed E-state index contributed by atoms with van der Waals surface area (Å²) in [5, 5.41) is 6.88. The van der Waals surface area contributed by atoms with E-state index in [-0.39, 0.29) is 0 Å². The van der Waals surface area contributed by atoms with Gasteiger partial charge in [-0.2, -0.15) is 5.10 Å². The third-order valence-electron chi connectivity index (χ3n) is 3.98. The van der Waals surface area contributed by atoms with Gasteiger partial charge in [-0.05, 0) is 31.4 Å². The maximum absolute atomic E-state index is 5.50. The van der Waals surface area contributed by atoms with E-state index in [1.165, 1.54) is 11.3 Å². The summed E-state index contributed by atoms with van der Waals surface area (Å²) in [6, 6.07) is 3.84. The zero-order chi connectivity index (χ0) is 20.7. The van der Waals surface area contributed by atoms with Gasteiger partial charge in [0.25, 0.3) is 0 Å². The van der Waals surface area contributed by atoms with Crippen molar-refractivity contribution in [1.29, 1.82) is 0 Å². The molecule has 0 aliphatic rings. The van der Waals surface area contributed by atoms with Crippen LogP contribution in [0.25, 0.3) is 11.3 Å². The molecule has 1 aromatic heterocycles. The van der Waals surface area contributed by atoms with Gasteiger partial charge in [0.15, 0.2) is 11.5 Å². The summed E-state index contributed by atoms with van der Waals surface area (Å²) in [4.78, 5) is 5.40. The highest BCUT2D eigenvalue weighted by Crippen LogP contribution is 2.41. The molecular weight excluding hydrogens is 374 g/mol. The van der Waals surface area contributed by atoms with Crippen LogP contribution in [0.5, 0.6) is 17.2 Å². The van der Waals surface area contributed by atoms with E-state index in [4.69, 9.17) is 19.3 Å². The largest absolute Gasteiger partial charge is 0.493 e. The van der Waals surface area contributed by atoms with E-state index in [2.05, 4.69) is 25.4 Å². The number of rotatable bonds is 9. The van der Waals surface area contributed by atoms with Crippen molar-refractivity contribution in [1.82, 2.24) is 4.68 Å². The van der Waals surface area contributed by atoms with Crippen molar-refractivity contribution >= 4 is 17.0 Å². The third kappa shape index (κ3) is 5.04. The lowest BCUT2D eigenvalue weighted by Gasteiger charge is -2.14. The van der Waals surface area contributed by atoms with E-state index in [1.54, 1.807) is 27.4 Å². The van der Waals surface area contributed by atoms with Gasteiger partial charge in [-0.15, -0.1) is 17.9 Å². The number of hydrogen-bond acceptors (Lipinski definition) is 6. The highest BCUT2D eigenvalue weighted by molar-refractivity contribution is 7.07. The Hall–Kier alpha value is -2.54. The molecule has 0 N–H and O–H groups in total. The van der Waals surface area contributed by atoms with Crippen LogP contribution in [-0.4, -0.2) is 38.3 Å². The van der Waals surface area contributed by atoms with Crippen LogP contribution in [0.3, 0.4) is 0 Å². The van der Waals surface area contributed by atoms with Crippen molar-refractivity contribution in [3.8, 4) is 28.5 Å². The molecule has 0 amide bonds. The molecule has 0 atom stereocenters. The van der Waals surface area contributed by atoms with Gasteiger partial charge < -0.3 is 14.2 Å². The first-order chi connectivity index (χ1) is 13.4. The van der Waals surface area contributed by atoms with Crippen LogP contribution < -0.4 is 19.0 Å². The second-order valence-corrected chi connectivity index (χ2v) is 7.53. The van der Waals surface area contributed by atoms with Crippen molar-refractivity contribution in [2.75, 3.05) is 27.9 Å². The van der Waals surface area contributed by atoms with E-state index < -0.39 is 0 Å². The van der Waals surface area contributed by atoms with Gasteiger partial charge in [0.05, 0.1) is 33.6 Å². The number of hydrogen-bond donors (Lipinski definition) is 0. The lowest BCUT2D eigenvalue weighted by atomic mass is 10.1.